The number of benzene rings is 3. The molecule has 0 saturated heterocycles. The van der Waals surface area contributed by atoms with Crippen molar-refractivity contribution in [1.82, 2.24) is 0 Å². The highest BCUT2D eigenvalue weighted by Crippen LogP contribution is 2.19. The number of halogens is 1. The van der Waals surface area contributed by atoms with Crippen molar-refractivity contribution >= 4 is 28.9 Å². The molecule has 0 fully saturated rings. The molecule has 0 unspecified atom stereocenters. The molecule has 0 saturated carbocycles. The number of hydrogen-bond donors (Lipinski definition) is 0. The smallest absolute Gasteiger partial charge is 0.182 e. The molecule has 0 aliphatic rings. The molecular formula is C24H22ClNO2. The van der Waals surface area contributed by atoms with Crippen LogP contribution in [-0.2, 0) is 0 Å². The van der Waals surface area contributed by atoms with E-state index in [1.54, 1.807) is 17.0 Å². The molecule has 0 spiro atoms. The van der Waals surface area contributed by atoms with Crippen LogP contribution in [0.25, 0.3) is 0 Å². The van der Waals surface area contributed by atoms with Gasteiger partial charge in [-0.1, -0.05) is 71.3 Å². The lowest BCUT2D eigenvalue weighted by atomic mass is 10.1. The van der Waals surface area contributed by atoms with Gasteiger partial charge in [-0.3, -0.25) is 9.59 Å². The first-order valence-electron chi connectivity index (χ1n) is 9.12. The molecule has 0 amide bonds. The van der Waals surface area contributed by atoms with Crippen molar-refractivity contribution in [2.45, 2.75) is 13.8 Å². The lowest BCUT2D eigenvalue weighted by molar-refractivity contribution is 0.0984. The Kier molecular flexibility index (Phi) is 6.27. The number of hydrogen-bond acceptors (Lipinski definition) is 3. The molecule has 0 aliphatic heterocycles. The van der Waals surface area contributed by atoms with Crippen molar-refractivity contribution in [3.63, 3.8) is 0 Å². The van der Waals surface area contributed by atoms with Gasteiger partial charge in [0.05, 0.1) is 13.1 Å². The predicted octanol–water partition coefficient (Wildman–Crippen LogP) is 5.53. The summed E-state index contributed by atoms with van der Waals surface area (Å²) in [6, 6.07) is 22.1. The van der Waals surface area contributed by atoms with Crippen molar-refractivity contribution in [3.8, 4) is 0 Å². The van der Waals surface area contributed by atoms with Crippen LogP contribution in [0.2, 0.25) is 5.02 Å². The van der Waals surface area contributed by atoms with E-state index in [-0.39, 0.29) is 24.7 Å². The number of ketones is 2. The maximum absolute atomic E-state index is 12.8. The van der Waals surface area contributed by atoms with E-state index in [0.717, 1.165) is 16.8 Å². The maximum Gasteiger partial charge on any atom is 0.182 e. The first-order valence-corrected chi connectivity index (χ1v) is 9.50. The summed E-state index contributed by atoms with van der Waals surface area (Å²) in [4.78, 5) is 27.4. The Hall–Kier alpha value is -2.91. The number of anilines is 1. The molecule has 142 valence electrons. The zero-order chi connectivity index (χ0) is 20.1. The molecule has 0 N–H and O–H groups in total. The summed E-state index contributed by atoms with van der Waals surface area (Å²) in [6.07, 6.45) is 0. The first-order chi connectivity index (χ1) is 13.4. The minimum absolute atomic E-state index is 0.0355. The topological polar surface area (TPSA) is 37.4 Å². The summed E-state index contributed by atoms with van der Waals surface area (Å²) >= 11 is 6.00. The van der Waals surface area contributed by atoms with Crippen LogP contribution >= 0.6 is 11.6 Å². The molecule has 0 heterocycles. The average Bonchev–Trinajstić information content (AvgIpc) is 2.69. The van der Waals surface area contributed by atoms with Crippen LogP contribution in [0.3, 0.4) is 0 Å². The minimum atomic E-state index is -0.0355. The van der Waals surface area contributed by atoms with Crippen LogP contribution in [0.4, 0.5) is 5.69 Å². The fraction of sp³-hybridized carbons (Fsp3) is 0.167. The van der Waals surface area contributed by atoms with Crippen molar-refractivity contribution < 1.29 is 9.59 Å². The number of Topliss-reactive ketones (excluding diaryl/α,β-unsaturated/α-hetero) is 2. The van der Waals surface area contributed by atoms with Crippen molar-refractivity contribution in [3.05, 3.63) is 100 Å². The standard InChI is InChI=1S/C24H22ClNO2/c1-17-3-7-19(8-4-17)23(27)15-26(22-13-11-21(25)12-14-22)16-24(28)20-9-5-18(2)6-10-20/h3-14H,15-16H2,1-2H3. The van der Waals surface area contributed by atoms with E-state index in [1.807, 2.05) is 74.5 Å². The number of aryl methyl sites for hydroxylation is 2. The maximum atomic E-state index is 12.8. The second-order valence-corrected chi connectivity index (χ2v) is 7.35. The second-order valence-electron chi connectivity index (χ2n) is 6.91. The Morgan fingerprint density at radius 2 is 1.07 bits per heavy atom. The van der Waals surface area contributed by atoms with Gasteiger partial charge in [-0.25, -0.2) is 0 Å². The van der Waals surface area contributed by atoms with Crippen LogP contribution in [0, 0.1) is 13.8 Å². The lowest BCUT2D eigenvalue weighted by Gasteiger charge is -2.23. The van der Waals surface area contributed by atoms with Gasteiger partial charge in [-0.2, -0.15) is 0 Å². The first kappa shape index (κ1) is 19.8. The highest BCUT2D eigenvalue weighted by atomic mass is 35.5. The van der Waals surface area contributed by atoms with E-state index in [0.29, 0.717) is 16.1 Å². The van der Waals surface area contributed by atoms with E-state index in [4.69, 9.17) is 11.6 Å². The van der Waals surface area contributed by atoms with Crippen LogP contribution in [0.5, 0.6) is 0 Å². The molecule has 0 radical (unpaired) electrons. The van der Waals surface area contributed by atoms with Crippen LogP contribution < -0.4 is 4.90 Å². The number of nitrogens with zero attached hydrogens (tertiary/aromatic N) is 1. The molecule has 0 bridgehead atoms. The molecule has 0 aliphatic carbocycles. The monoisotopic (exact) mass is 391 g/mol. The van der Waals surface area contributed by atoms with Crippen molar-refractivity contribution in [2.24, 2.45) is 0 Å². The average molecular weight is 392 g/mol. The quantitative estimate of drug-likeness (QED) is 0.497. The van der Waals surface area contributed by atoms with E-state index in [2.05, 4.69) is 0 Å². The Morgan fingerprint density at radius 1 is 0.679 bits per heavy atom. The van der Waals surface area contributed by atoms with Gasteiger partial charge in [0.2, 0.25) is 0 Å². The molecule has 3 nitrogen and oxygen atoms in total. The van der Waals surface area contributed by atoms with Crippen LogP contribution in [-0.4, -0.2) is 24.7 Å². The molecule has 3 aromatic rings. The molecule has 28 heavy (non-hydrogen) atoms. The van der Waals surface area contributed by atoms with Crippen LogP contribution in [0.1, 0.15) is 31.8 Å². The van der Waals surface area contributed by atoms with E-state index >= 15 is 0 Å². The highest BCUT2D eigenvalue weighted by Gasteiger charge is 2.17. The number of carbonyl (C=O) groups is 2. The van der Waals surface area contributed by atoms with Gasteiger partial charge < -0.3 is 4.90 Å². The normalized spacial score (nSPS) is 10.5. The molecule has 3 aromatic carbocycles. The van der Waals surface area contributed by atoms with Gasteiger partial charge in [-0.15, -0.1) is 0 Å². The second kappa shape index (κ2) is 8.85. The fourth-order valence-electron chi connectivity index (χ4n) is 2.90. The zero-order valence-electron chi connectivity index (χ0n) is 16.0. The van der Waals surface area contributed by atoms with Gasteiger partial charge >= 0.3 is 0 Å². The fourth-order valence-corrected chi connectivity index (χ4v) is 3.02. The summed E-state index contributed by atoms with van der Waals surface area (Å²) in [6.45, 7) is 4.19. The van der Waals surface area contributed by atoms with Gasteiger partial charge in [0.15, 0.2) is 11.6 Å². The van der Waals surface area contributed by atoms with E-state index in [1.165, 1.54) is 0 Å². The summed E-state index contributed by atoms with van der Waals surface area (Å²) in [7, 11) is 0. The summed E-state index contributed by atoms with van der Waals surface area (Å²) in [5, 5.41) is 0.610. The Balaban J connectivity index is 1.83. The molecule has 0 aromatic heterocycles. The Bertz CT molecular complexity index is 901. The number of carbonyl (C=O) groups excluding carboxylic acids is 2. The Labute approximate surface area is 170 Å². The molecular weight excluding hydrogens is 370 g/mol. The largest absolute Gasteiger partial charge is 0.356 e. The minimum Gasteiger partial charge on any atom is -0.356 e. The molecule has 3 rings (SSSR count). The van der Waals surface area contributed by atoms with Gasteiger partial charge in [0.1, 0.15) is 0 Å². The van der Waals surface area contributed by atoms with Gasteiger partial charge in [-0.05, 0) is 38.1 Å². The summed E-state index contributed by atoms with van der Waals surface area (Å²) < 4.78 is 0. The summed E-state index contributed by atoms with van der Waals surface area (Å²) in [5.74, 6) is -0.0710. The zero-order valence-corrected chi connectivity index (χ0v) is 16.7. The third kappa shape index (κ3) is 5.08. The summed E-state index contributed by atoms with van der Waals surface area (Å²) in [5.41, 5.74) is 4.24. The van der Waals surface area contributed by atoms with Gasteiger partial charge in [0.25, 0.3) is 0 Å². The Morgan fingerprint density at radius 3 is 1.46 bits per heavy atom. The highest BCUT2D eigenvalue weighted by molar-refractivity contribution is 6.30. The third-order valence-electron chi connectivity index (χ3n) is 4.61. The van der Waals surface area contributed by atoms with Crippen molar-refractivity contribution in [1.29, 1.82) is 0 Å². The molecule has 0 atom stereocenters. The SMILES string of the molecule is Cc1ccc(C(=O)CN(CC(=O)c2ccc(C)cc2)c2ccc(Cl)cc2)cc1. The number of rotatable bonds is 7. The third-order valence-corrected chi connectivity index (χ3v) is 4.86. The predicted molar refractivity (Wildman–Crippen MR) is 115 cm³/mol. The van der Waals surface area contributed by atoms with Crippen LogP contribution in [0.15, 0.2) is 72.8 Å². The van der Waals surface area contributed by atoms with Gasteiger partial charge in [0, 0.05) is 21.8 Å². The van der Waals surface area contributed by atoms with E-state index in [9.17, 15) is 9.59 Å². The van der Waals surface area contributed by atoms with Crippen molar-refractivity contribution in [2.75, 3.05) is 18.0 Å². The van der Waals surface area contributed by atoms with E-state index < -0.39 is 0 Å². The molecule has 4 heteroatoms. The lowest BCUT2D eigenvalue weighted by Crippen LogP contribution is -2.34.